The highest BCUT2D eigenvalue weighted by Gasteiger charge is 2.27. The van der Waals surface area contributed by atoms with Gasteiger partial charge in [-0.2, -0.15) is 0 Å². The van der Waals surface area contributed by atoms with Gasteiger partial charge < -0.3 is 9.47 Å². The number of ether oxygens (including phenoxy) is 2. The quantitative estimate of drug-likeness (QED) is 0.199. The first kappa shape index (κ1) is 23.4. The van der Waals surface area contributed by atoms with Crippen molar-refractivity contribution in [2.45, 2.75) is 46.5 Å². The van der Waals surface area contributed by atoms with Crippen LogP contribution in [-0.2, 0) is 19.1 Å². The first-order valence-corrected chi connectivity index (χ1v) is 10.0. The van der Waals surface area contributed by atoms with Gasteiger partial charge in [0.15, 0.2) is 11.6 Å². The fraction of sp³-hybridized carbons (Fsp3) is 0.600. The topological polar surface area (TPSA) is 82.6 Å². The molecule has 1 atom stereocenters. The molecular weight excluding hydrogens is 414 g/mol. The average molecular weight is 442 g/mol. The summed E-state index contributed by atoms with van der Waals surface area (Å²) in [6, 6.07) is 1.66. The normalized spacial score (nSPS) is 12.0. The van der Waals surface area contributed by atoms with Gasteiger partial charge in [-0.1, -0.05) is 20.3 Å². The summed E-state index contributed by atoms with van der Waals surface area (Å²) in [5.41, 5.74) is 0.386. The Bertz CT molecular complexity index is 633. The van der Waals surface area contributed by atoms with Crippen LogP contribution in [0.15, 0.2) is 22.9 Å². The van der Waals surface area contributed by atoms with E-state index >= 15 is 0 Å². The molecule has 150 valence electrons. The second kappa shape index (κ2) is 12.7. The van der Waals surface area contributed by atoms with Crippen LogP contribution in [0.3, 0.4) is 0 Å². The van der Waals surface area contributed by atoms with Crippen LogP contribution in [0, 0.1) is 11.8 Å². The van der Waals surface area contributed by atoms with Gasteiger partial charge in [-0.25, -0.2) is 0 Å². The molecule has 0 saturated carbocycles. The number of nitrogens with zero attached hydrogens (tertiary/aromatic N) is 1. The Balaban J connectivity index is 2.71. The molecule has 1 aromatic rings. The van der Waals surface area contributed by atoms with Gasteiger partial charge >= 0.3 is 5.97 Å². The molecule has 0 N–H and O–H groups in total. The van der Waals surface area contributed by atoms with Crippen LogP contribution in [0.1, 0.15) is 56.8 Å². The number of rotatable bonds is 13. The zero-order valence-corrected chi connectivity index (χ0v) is 17.8. The van der Waals surface area contributed by atoms with E-state index < -0.39 is 5.92 Å². The number of carbonyl (C=O) groups is 3. The molecule has 0 bridgehead atoms. The molecule has 27 heavy (non-hydrogen) atoms. The van der Waals surface area contributed by atoms with E-state index in [0.717, 1.165) is 0 Å². The number of hydrogen-bond acceptors (Lipinski definition) is 6. The van der Waals surface area contributed by atoms with Crippen molar-refractivity contribution in [3.8, 4) is 0 Å². The van der Waals surface area contributed by atoms with E-state index in [9.17, 15) is 14.4 Å². The van der Waals surface area contributed by atoms with Crippen molar-refractivity contribution < 1.29 is 23.9 Å². The van der Waals surface area contributed by atoms with Crippen LogP contribution >= 0.6 is 15.9 Å². The number of ketones is 2. The number of pyridine rings is 1. The second-order valence-electron chi connectivity index (χ2n) is 6.73. The van der Waals surface area contributed by atoms with Crippen LogP contribution in [0.4, 0.5) is 0 Å². The zero-order valence-electron chi connectivity index (χ0n) is 16.2. The van der Waals surface area contributed by atoms with Gasteiger partial charge in [-0.3, -0.25) is 19.4 Å². The highest BCUT2D eigenvalue weighted by molar-refractivity contribution is 9.10. The van der Waals surface area contributed by atoms with E-state index in [-0.39, 0.29) is 30.6 Å². The zero-order chi connectivity index (χ0) is 20.2. The van der Waals surface area contributed by atoms with E-state index in [1.165, 1.54) is 6.20 Å². The molecule has 0 aliphatic rings. The van der Waals surface area contributed by atoms with E-state index in [4.69, 9.17) is 9.47 Å². The lowest BCUT2D eigenvalue weighted by molar-refractivity contribution is -0.143. The maximum atomic E-state index is 12.8. The standard InChI is InChI=1S/C20H28BrNO5/c1-4-27-19(24)8-6-5-7-17(18(23)13-26-12-14(2)3)20(25)15-9-16(21)11-22-10-15/h9-11,14,17H,4-8,12-13H2,1-3H3. The number of esters is 1. The highest BCUT2D eigenvalue weighted by atomic mass is 79.9. The SMILES string of the molecule is CCOC(=O)CCCCC(C(=O)COCC(C)C)C(=O)c1cncc(Br)c1. The van der Waals surface area contributed by atoms with Crippen molar-refractivity contribution in [3.63, 3.8) is 0 Å². The highest BCUT2D eigenvalue weighted by Crippen LogP contribution is 2.20. The van der Waals surface area contributed by atoms with Crippen molar-refractivity contribution in [2.24, 2.45) is 11.8 Å². The Morgan fingerprint density at radius 2 is 1.93 bits per heavy atom. The van der Waals surface area contributed by atoms with E-state index in [1.807, 2.05) is 13.8 Å². The Labute approximate surface area is 169 Å². The van der Waals surface area contributed by atoms with Crippen LogP contribution in [0.5, 0.6) is 0 Å². The molecule has 0 saturated heterocycles. The third-order valence-electron chi connectivity index (χ3n) is 3.82. The number of halogens is 1. The molecule has 0 aromatic carbocycles. The van der Waals surface area contributed by atoms with E-state index in [2.05, 4.69) is 20.9 Å². The van der Waals surface area contributed by atoms with Gasteiger partial charge in [0.25, 0.3) is 0 Å². The molecule has 6 nitrogen and oxygen atoms in total. The summed E-state index contributed by atoms with van der Waals surface area (Å²) < 4.78 is 11.0. The number of aromatic nitrogens is 1. The second-order valence-corrected chi connectivity index (χ2v) is 7.65. The van der Waals surface area contributed by atoms with Gasteiger partial charge in [-0.15, -0.1) is 0 Å². The van der Waals surface area contributed by atoms with Crippen LogP contribution in [-0.4, -0.2) is 42.3 Å². The number of carbonyl (C=O) groups excluding carboxylic acids is 3. The number of hydrogen-bond donors (Lipinski definition) is 0. The largest absolute Gasteiger partial charge is 0.466 e. The van der Waals surface area contributed by atoms with Gasteiger partial charge in [0.1, 0.15) is 6.61 Å². The Kier molecular flexibility index (Phi) is 11.0. The predicted molar refractivity (Wildman–Crippen MR) is 106 cm³/mol. The van der Waals surface area contributed by atoms with Gasteiger partial charge in [0.05, 0.1) is 12.5 Å². The third-order valence-corrected chi connectivity index (χ3v) is 4.25. The van der Waals surface area contributed by atoms with Crippen molar-refractivity contribution in [1.82, 2.24) is 4.98 Å². The fourth-order valence-corrected chi connectivity index (χ4v) is 2.90. The molecule has 1 rings (SSSR count). The fourth-order valence-electron chi connectivity index (χ4n) is 2.53. The van der Waals surface area contributed by atoms with Gasteiger partial charge in [-0.05, 0) is 47.7 Å². The smallest absolute Gasteiger partial charge is 0.305 e. The number of Topliss-reactive ketones (excluding diaryl/α,β-unsaturated/α-hetero) is 2. The monoisotopic (exact) mass is 441 g/mol. The number of unbranched alkanes of at least 4 members (excludes halogenated alkanes) is 1. The lowest BCUT2D eigenvalue weighted by Gasteiger charge is -2.15. The van der Waals surface area contributed by atoms with Crippen molar-refractivity contribution in [2.75, 3.05) is 19.8 Å². The first-order valence-electron chi connectivity index (χ1n) is 9.26. The molecule has 1 unspecified atom stereocenters. The van der Waals surface area contributed by atoms with Crippen molar-refractivity contribution in [3.05, 3.63) is 28.5 Å². The average Bonchev–Trinajstić information content (AvgIpc) is 2.61. The summed E-state index contributed by atoms with van der Waals surface area (Å²) in [4.78, 5) is 40.9. The molecule has 1 aromatic heterocycles. The molecule has 0 radical (unpaired) electrons. The minimum absolute atomic E-state index is 0.0894. The maximum Gasteiger partial charge on any atom is 0.305 e. The van der Waals surface area contributed by atoms with E-state index in [1.54, 1.807) is 19.2 Å². The first-order chi connectivity index (χ1) is 12.8. The third kappa shape index (κ3) is 9.24. The Morgan fingerprint density at radius 1 is 1.19 bits per heavy atom. The molecule has 0 spiro atoms. The Hall–Kier alpha value is -1.60. The molecule has 0 amide bonds. The molecule has 0 fully saturated rings. The van der Waals surface area contributed by atoms with Crippen LogP contribution in [0.2, 0.25) is 0 Å². The molecule has 7 heteroatoms. The van der Waals surface area contributed by atoms with E-state index in [0.29, 0.717) is 48.4 Å². The predicted octanol–water partition coefficient (Wildman–Crippen LogP) is 4.01. The summed E-state index contributed by atoms with van der Waals surface area (Å²) in [5, 5.41) is 0. The van der Waals surface area contributed by atoms with Gasteiger partial charge in [0, 0.05) is 35.5 Å². The lowest BCUT2D eigenvalue weighted by atomic mass is 9.89. The van der Waals surface area contributed by atoms with Crippen LogP contribution < -0.4 is 0 Å². The molecular formula is C20H28BrNO5. The van der Waals surface area contributed by atoms with Gasteiger partial charge in [0.2, 0.25) is 0 Å². The van der Waals surface area contributed by atoms with Crippen LogP contribution in [0.25, 0.3) is 0 Å². The summed E-state index contributed by atoms with van der Waals surface area (Å²) in [5.74, 6) is -1.25. The summed E-state index contributed by atoms with van der Waals surface area (Å²) in [6.45, 7) is 6.48. The molecule has 1 heterocycles. The summed E-state index contributed by atoms with van der Waals surface area (Å²) in [7, 11) is 0. The lowest BCUT2D eigenvalue weighted by Crippen LogP contribution is -2.28. The summed E-state index contributed by atoms with van der Waals surface area (Å²) >= 11 is 3.29. The Morgan fingerprint density at radius 3 is 2.56 bits per heavy atom. The van der Waals surface area contributed by atoms with Crippen molar-refractivity contribution in [1.29, 1.82) is 0 Å². The van der Waals surface area contributed by atoms with Crippen molar-refractivity contribution >= 4 is 33.5 Å². The minimum atomic E-state index is -0.796. The maximum absolute atomic E-state index is 12.8. The molecule has 0 aliphatic carbocycles. The minimum Gasteiger partial charge on any atom is -0.466 e. The molecule has 0 aliphatic heterocycles. The summed E-state index contributed by atoms with van der Waals surface area (Å²) in [6.07, 6.45) is 4.84.